The van der Waals surface area contributed by atoms with Crippen LogP contribution < -0.4 is 15.4 Å². The van der Waals surface area contributed by atoms with E-state index >= 15 is 0 Å². The zero-order valence-electron chi connectivity index (χ0n) is 27.6. The van der Waals surface area contributed by atoms with Gasteiger partial charge in [-0.15, -0.1) is 0 Å². The fraction of sp³-hybridized carbons (Fsp3) is 0.316. The second-order valence-electron chi connectivity index (χ2n) is 11.8. The van der Waals surface area contributed by atoms with E-state index in [9.17, 15) is 0 Å². The van der Waals surface area contributed by atoms with Crippen molar-refractivity contribution < 1.29 is 9.47 Å². The van der Waals surface area contributed by atoms with E-state index in [4.69, 9.17) is 43.1 Å². The van der Waals surface area contributed by atoms with Gasteiger partial charge >= 0.3 is 0 Å². The third kappa shape index (κ3) is 8.66. The summed E-state index contributed by atoms with van der Waals surface area (Å²) in [5, 5.41) is 19.4. The summed E-state index contributed by atoms with van der Waals surface area (Å²) in [6.45, 7) is 5.76. The van der Waals surface area contributed by atoms with Crippen LogP contribution in [0, 0.1) is 12.3 Å². The molecule has 0 saturated carbocycles. The molecule has 1 aliphatic carbocycles. The molecule has 0 atom stereocenters. The SMILES string of the molecule is COC1=C/C(=C(\NCCCCN(C)CCCCNc2c3ccc(Cl)cc3nc3ccc(OC)cc23)c2ccc(Cl)cc2C)C(=N)C=C1. The lowest BCUT2D eigenvalue weighted by atomic mass is 9.95. The molecule has 0 saturated heterocycles. The Morgan fingerprint density at radius 1 is 0.830 bits per heavy atom. The van der Waals surface area contributed by atoms with Crippen LogP contribution in [0.5, 0.6) is 5.75 Å². The molecule has 1 aliphatic rings. The smallest absolute Gasteiger partial charge is 0.119 e. The highest BCUT2D eigenvalue weighted by atomic mass is 35.5. The minimum absolute atomic E-state index is 0.450. The Morgan fingerprint density at radius 2 is 1.57 bits per heavy atom. The van der Waals surface area contributed by atoms with Crippen LogP contribution in [-0.2, 0) is 4.74 Å². The summed E-state index contributed by atoms with van der Waals surface area (Å²) in [5.74, 6) is 1.54. The number of ether oxygens (including phenoxy) is 2. The molecular weight excluding hydrogens is 629 g/mol. The zero-order chi connectivity index (χ0) is 33.3. The van der Waals surface area contributed by atoms with Crippen molar-refractivity contribution in [3.05, 3.63) is 105 Å². The van der Waals surface area contributed by atoms with Gasteiger partial charge in [-0.05, 0) is 125 Å². The number of nitrogens with one attached hydrogen (secondary N) is 3. The molecule has 0 unspecified atom stereocenters. The highest BCUT2D eigenvalue weighted by Crippen LogP contribution is 2.34. The van der Waals surface area contributed by atoms with Crippen LogP contribution in [-0.4, -0.2) is 63.0 Å². The van der Waals surface area contributed by atoms with Gasteiger partial charge in [-0.1, -0.05) is 29.3 Å². The first-order valence-corrected chi connectivity index (χ1v) is 16.8. The molecular formula is C38H43Cl2N5O2. The van der Waals surface area contributed by atoms with Crippen LogP contribution in [0.4, 0.5) is 5.69 Å². The molecule has 246 valence electrons. The molecule has 0 bridgehead atoms. The Balaban J connectivity index is 1.11. The van der Waals surface area contributed by atoms with Gasteiger partial charge < -0.3 is 30.4 Å². The van der Waals surface area contributed by atoms with E-state index in [0.29, 0.717) is 15.8 Å². The summed E-state index contributed by atoms with van der Waals surface area (Å²) in [5.41, 5.74) is 7.15. The van der Waals surface area contributed by atoms with Crippen molar-refractivity contribution in [2.45, 2.75) is 32.6 Å². The second kappa shape index (κ2) is 16.2. The van der Waals surface area contributed by atoms with Crippen LogP contribution in [0.25, 0.3) is 27.5 Å². The van der Waals surface area contributed by atoms with Gasteiger partial charge in [0.05, 0.1) is 42.3 Å². The van der Waals surface area contributed by atoms with Gasteiger partial charge in [0.15, 0.2) is 0 Å². The molecule has 3 aromatic carbocycles. The number of nitrogens with zero attached hydrogens (tertiary/aromatic N) is 2. The third-order valence-corrected chi connectivity index (χ3v) is 8.90. The summed E-state index contributed by atoms with van der Waals surface area (Å²) in [6.07, 6.45) is 9.74. The highest BCUT2D eigenvalue weighted by Gasteiger charge is 2.17. The quantitative estimate of drug-likeness (QED) is 0.0864. The summed E-state index contributed by atoms with van der Waals surface area (Å²) < 4.78 is 11.0. The van der Waals surface area contributed by atoms with E-state index in [-0.39, 0.29) is 0 Å². The number of anilines is 1. The normalized spacial score (nSPS) is 14.1. The monoisotopic (exact) mass is 671 g/mol. The third-order valence-electron chi connectivity index (χ3n) is 8.43. The molecule has 0 aliphatic heterocycles. The van der Waals surface area contributed by atoms with Crippen molar-refractivity contribution in [3.63, 3.8) is 0 Å². The molecule has 3 N–H and O–H groups in total. The molecule has 0 radical (unpaired) electrons. The first-order valence-electron chi connectivity index (χ1n) is 16.0. The molecule has 7 nitrogen and oxygen atoms in total. The van der Waals surface area contributed by atoms with Gasteiger partial charge in [0.2, 0.25) is 0 Å². The molecule has 4 aromatic rings. The average Bonchev–Trinajstić information content (AvgIpc) is 3.06. The summed E-state index contributed by atoms with van der Waals surface area (Å²) in [4.78, 5) is 7.24. The lowest BCUT2D eigenvalue weighted by molar-refractivity contribution is 0.306. The Kier molecular flexibility index (Phi) is 11.8. The zero-order valence-corrected chi connectivity index (χ0v) is 29.1. The molecule has 47 heavy (non-hydrogen) atoms. The van der Waals surface area contributed by atoms with Gasteiger partial charge in [0.1, 0.15) is 11.5 Å². The first kappa shape index (κ1) is 34.3. The number of benzene rings is 3. The molecule has 5 rings (SSSR count). The largest absolute Gasteiger partial charge is 0.497 e. The number of aryl methyl sites for hydroxylation is 1. The predicted octanol–water partition coefficient (Wildman–Crippen LogP) is 9.04. The van der Waals surface area contributed by atoms with Gasteiger partial charge in [0.25, 0.3) is 0 Å². The summed E-state index contributed by atoms with van der Waals surface area (Å²) >= 11 is 12.5. The number of methoxy groups -OCH3 is 2. The molecule has 0 fully saturated rings. The fourth-order valence-electron chi connectivity index (χ4n) is 5.87. The minimum atomic E-state index is 0.450. The van der Waals surface area contributed by atoms with Crippen molar-refractivity contribution in [2.75, 3.05) is 52.8 Å². The number of hydrogen-bond donors (Lipinski definition) is 3. The van der Waals surface area contributed by atoms with Crippen molar-refractivity contribution in [2.24, 2.45) is 0 Å². The number of allylic oxidation sites excluding steroid dienone is 4. The number of unbranched alkanes of at least 4 members (excludes halogenated alkanes) is 2. The molecule has 1 aromatic heterocycles. The number of halogens is 2. The summed E-state index contributed by atoms with van der Waals surface area (Å²) in [7, 11) is 5.52. The lowest BCUT2D eigenvalue weighted by Crippen LogP contribution is -2.23. The second-order valence-corrected chi connectivity index (χ2v) is 12.7. The Bertz CT molecular complexity index is 1850. The maximum atomic E-state index is 8.58. The van der Waals surface area contributed by atoms with E-state index in [1.54, 1.807) is 20.3 Å². The van der Waals surface area contributed by atoms with Gasteiger partial charge in [-0.25, -0.2) is 4.98 Å². The lowest BCUT2D eigenvalue weighted by Gasteiger charge is -2.20. The molecule has 1 heterocycles. The number of fused-ring (bicyclic) bond motifs is 2. The van der Waals surface area contributed by atoms with Crippen molar-refractivity contribution in [1.82, 2.24) is 15.2 Å². The van der Waals surface area contributed by atoms with Gasteiger partial charge in [-0.2, -0.15) is 0 Å². The molecule has 9 heteroatoms. The highest BCUT2D eigenvalue weighted by molar-refractivity contribution is 6.31. The Labute approximate surface area is 287 Å². The minimum Gasteiger partial charge on any atom is -0.497 e. The molecule has 0 amide bonds. The van der Waals surface area contributed by atoms with E-state index in [1.165, 1.54) is 0 Å². The van der Waals surface area contributed by atoms with E-state index in [2.05, 4.69) is 22.6 Å². The van der Waals surface area contributed by atoms with Crippen LogP contribution >= 0.6 is 23.2 Å². The Hall–Kier alpha value is -4.04. The number of aromatic nitrogens is 1. The van der Waals surface area contributed by atoms with Crippen molar-refractivity contribution >= 4 is 62.1 Å². The summed E-state index contributed by atoms with van der Waals surface area (Å²) in [6, 6.07) is 17.7. The van der Waals surface area contributed by atoms with Crippen LogP contribution in [0.15, 0.2) is 84.2 Å². The maximum Gasteiger partial charge on any atom is 0.119 e. The van der Waals surface area contributed by atoms with Crippen LogP contribution in [0.1, 0.15) is 36.8 Å². The van der Waals surface area contributed by atoms with Crippen LogP contribution in [0.2, 0.25) is 10.0 Å². The number of hydrogen-bond acceptors (Lipinski definition) is 7. The standard InChI is InChI=1S/C38H43Cl2N5O2/c1-25-21-26(39)9-13-30(25)37(32-23-28(46-3)11-15-34(32)41)42-17-5-7-19-45(2)20-8-6-18-43-38-31-14-10-27(40)22-36(31)44-35-16-12-29(47-4)24-33(35)38/h9-16,21-24,41-42H,5-8,17-20H2,1-4H3,(H,43,44)/b37-32+,41-34?. The van der Waals surface area contributed by atoms with Crippen LogP contribution in [0.3, 0.4) is 0 Å². The Morgan fingerprint density at radius 3 is 2.32 bits per heavy atom. The first-order chi connectivity index (χ1) is 22.8. The van der Waals surface area contributed by atoms with Gasteiger partial charge in [-0.3, -0.25) is 0 Å². The maximum absolute atomic E-state index is 8.58. The number of rotatable bonds is 15. The topological polar surface area (TPSA) is 82.5 Å². The van der Waals surface area contributed by atoms with Crippen molar-refractivity contribution in [3.8, 4) is 5.75 Å². The van der Waals surface area contributed by atoms with E-state index < -0.39 is 0 Å². The number of pyridine rings is 1. The average molecular weight is 673 g/mol. The predicted molar refractivity (Wildman–Crippen MR) is 198 cm³/mol. The van der Waals surface area contributed by atoms with E-state index in [0.717, 1.165) is 113 Å². The van der Waals surface area contributed by atoms with Crippen molar-refractivity contribution in [1.29, 1.82) is 5.41 Å². The van der Waals surface area contributed by atoms with Gasteiger partial charge in [0, 0.05) is 45.0 Å². The fourth-order valence-corrected chi connectivity index (χ4v) is 6.26. The van der Waals surface area contributed by atoms with E-state index in [1.807, 2.05) is 73.7 Å². The molecule has 0 spiro atoms.